The minimum absolute atomic E-state index is 0.0110. The number of likely N-dealkylation sites (N-methyl/N-ethyl adjacent to an activating group) is 1. The van der Waals surface area contributed by atoms with Gasteiger partial charge in [0, 0.05) is 19.1 Å². The van der Waals surface area contributed by atoms with Crippen molar-refractivity contribution in [3.8, 4) is 0 Å². The number of likely N-dealkylation sites (tertiary alicyclic amines) is 1. The Hall–Kier alpha value is -1.68. The zero-order valence-electron chi connectivity index (χ0n) is 15.5. The van der Waals surface area contributed by atoms with Crippen molar-refractivity contribution < 1.29 is 4.74 Å². The molecule has 3 heteroatoms. The molecule has 0 N–H and O–H groups in total. The maximum absolute atomic E-state index is 6.36. The first kappa shape index (κ1) is 18.1. The predicted molar refractivity (Wildman–Crippen MR) is 104 cm³/mol. The van der Waals surface area contributed by atoms with Crippen LogP contribution < -0.4 is 0 Å². The van der Waals surface area contributed by atoms with E-state index < -0.39 is 0 Å². The Labute approximate surface area is 152 Å². The zero-order chi connectivity index (χ0) is 17.5. The van der Waals surface area contributed by atoms with E-state index in [0.717, 1.165) is 19.7 Å². The van der Waals surface area contributed by atoms with Crippen molar-refractivity contribution in [1.29, 1.82) is 0 Å². The molecule has 1 fully saturated rings. The second-order valence-electron chi connectivity index (χ2n) is 7.13. The summed E-state index contributed by atoms with van der Waals surface area (Å²) in [6, 6.07) is 21.7. The second kappa shape index (κ2) is 9.14. The fourth-order valence-electron chi connectivity index (χ4n) is 3.60. The van der Waals surface area contributed by atoms with Gasteiger partial charge in [-0.3, -0.25) is 4.90 Å². The molecule has 25 heavy (non-hydrogen) atoms. The van der Waals surface area contributed by atoms with Gasteiger partial charge in [-0.1, -0.05) is 60.7 Å². The molecule has 1 aliphatic heterocycles. The SMILES string of the molecule is CN(C)C1CCCN(CCOC(c2ccccc2)c2ccccc2)C1. The molecule has 1 aliphatic rings. The van der Waals surface area contributed by atoms with Crippen molar-refractivity contribution in [2.24, 2.45) is 0 Å². The molecule has 0 bridgehead atoms. The second-order valence-corrected chi connectivity index (χ2v) is 7.13. The number of ether oxygens (including phenoxy) is 1. The molecule has 1 unspecified atom stereocenters. The van der Waals surface area contributed by atoms with Gasteiger partial charge in [0.15, 0.2) is 0 Å². The van der Waals surface area contributed by atoms with Gasteiger partial charge in [0.25, 0.3) is 0 Å². The Morgan fingerprint density at radius 2 is 1.60 bits per heavy atom. The van der Waals surface area contributed by atoms with Crippen LogP contribution in [-0.4, -0.2) is 56.2 Å². The normalized spacial score (nSPS) is 18.8. The van der Waals surface area contributed by atoms with Crippen LogP contribution in [0.15, 0.2) is 60.7 Å². The van der Waals surface area contributed by atoms with E-state index in [1.165, 1.54) is 30.5 Å². The molecular weight excluding hydrogens is 308 g/mol. The van der Waals surface area contributed by atoms with E-state index in [9.17, 15) is 0 Å². The standard InChI is InChI=1S/C22H30N2O/c1-23(2)21-14-9-15-24(18-21)16-17-25-22(19-10-5-3-6-11-19)20-12-7-4-8-13-20/h3-8,10-13,21-22H,9,14-18H2,1-2H3. The Bertz CT molecular complexity index is 575. The lowest BCUT2D eigenvalue weighted by Crippen LogP contribution is -2.46. The Balaban J connectivity index is 1.60. The van der Waals surface area contributed by atoms with Crippen LogP contribution in [0.5, 0.6) is 0 Å². The molecular formula is C22H30N2O. The Kier molecular flexibility index (Phi) is 6.62. The van der Waals surface area contributed by atoms with Crippen LogP contribution in [0.4, 0.5) is 0 Å². The van der Waals surface area contributed by atoms with E-state index in [4.69, 9.17) is 4.74 Å². The summed E-state index contributed by atoms with van der Waals surface area (Å²) in [4.78, 5) is 4.89. The van der Waals surface area contributed by atoms with Gasteiger partial charge >= 0.3 is 0 Å². The van der Waals surface area contributed by atoms with E-state index in [0.29, 0.717) is 6.04 Å². The smallest absolute Gasteiger partial charge is 0.108 e. The number of nitrogens with zero attached hydrogens (tertiary/aromatic N) is 2. The lowest BCUT2D eigenvalue weighted by atomic mass is 10.0. The number of hydrogen-bond donors (Lipinski definition) is 0. The molecule has 3 rings (SSSR count). The van der Waals surface area contributed by atoms with Gasteiger partial charge in [-0.05, 0) is 44.6 Å². The van der Waals surface area contributed by atoms with Crippen LogP contribution in [-0.2, 0) is 4.74 Å². The topological polar surface area (TPSA) is 15.7 Å². The fourth-order valence-corrected chi connectivity index (χ4v) is 3.60. The van der Waals surface area contributed by atoms with Crippen LogP contribution in [0.1, 0.15) is 30.1 Å². The molecule has 1 saturated heterocycles. The summed E-state index contributed by atoms with van der Waals surface area (Å²) in [5.41, 5.74) is 2.44. The molecule has 0 saturated carbocycles. The molecule has 3 nitrogen and oxygen atoms in total. The van der Waals surface area contributed by atoms with Gasteiger partial charge in [-0.15, -0.1) is 0 Å². The van der Waals surface area contributed by atoms with Crippen molar-refractivity contribution in [2.75, 3.05) is 40.3 Å². The number of rotatable bonds is 7. The van der Waals surface area contributed by atoms with Crippen LogP contribution in [0.2, 0.25) is 0 Å². The average molecular weight is 338 g/mol. The van der Waals surface area contributed by atoms with Crippen molar-refractivity contribution in [1.82, 2.24) is 9.80 Å². The lowest BCUT2D eigenvalue weighted by molar-refractivity contribution is 0.0449. The van der Waals surface area contributed by atoms with Gasteiger partial charge in [0.2, 0.25) is 0 Å². The summed E-state index contributed by atoms with van der Waals surface area (Å²) in [6.45, 7) is 4.10. The van der Waals surface area contributed by atoms with E-state index in [2.05, 4.69) is 84.6 Å². The summed E-state index contributed by atoms with van der Waals surface area (Å²) in [6.07, 6.45) is 2.60. The number of hydrogen-bond acceptors (Lipinski definition) is 3. The third-order valence-corrected chi connectivity index (χ3v) is 5.11. The van der Waals surface area contributed by atoms with E-state index in [1.54, 1.807) is 0 Å². The Morgan fingerprint density at radius 3 is 2.16 bits per heavy atom. The summed E-state index contributed by atoms with van der Waals surface area (Å²) >= 11 is 0. The molecule has 2 aromatic carbocycles. The molecule has 0 radical (unpaired) electrons. The highest BCUT2D eigenvalue weighted by Crippen LogP contribution is 2.25. The zero-order valence-corrected chi connectivity index (χ0v) is 15.5. The largest absolute Gasteiger partial charge is 0.367 e. The van der Waals surface area contributed by atoms with Gasteiger partial charge in [0.1, 0.15) is 6.10 Å². The molecule has 0 amide bonds. The molecule has 2 aromatic rings. The van der Waals surface area contributed by atoms with Gasteiger partial charge in [0.05, 0.1) is 6.61 Å². The first-order chi connectivity index (χ1) is 12.2. The Morgan fingerprint density at radius 1 is 1.00 bits per heavy atom. The van der Waals surface area contributed by atoms with Crippen LogP contribution >= 0.6 is 0 Å². The maximum atomic E-state index is 6.36. The molecule has 0 spiro atoms. The van der Waals surface area contributed by atoms with Crippen molar-refractivity contribution in [2.45, 2.75) is 25.0 Å². The quantitative estimate of drug-likeness (QED) is 0.763. The van der Waals surface area contributed by atoms with Crippen molar-refractivity contribution >= 4 is 0 Å². The summed E-state index contributed by atoms with van der Waals surface area (Å²) in [5.74, 6) is 0. The van der Waals surface area contributed by atoms with Crippen LogP contribution in [0.25, 0.3) is 0 Å². The minimum Gasteiger partial charge on any atom is -0.367 e. The average Bonchev–Trinajstić information content (AvgIpc) is 2.67. The number of benzene rings is 2. The summed E-state index contributed by atoms with van der Waals surface area (Å²) in [5, 5.41) is 0. The van der Waals surface area contributed by atoms with Crippen LogP contribution in [0, 0.1) is 0 Å². The monoisotopic (exact) mass is 338 g/mol. The molecule has 0 aromatic heterocycles. The molecule has 0 aliphatic carbocycles. The summed E-state index contributed by atoms with van der Waals surface area (Å²) < 4.78 is 6.36. The van der Waals surface area contributed by atoms with E-state index in [-0.39, 0.29) is 6.10 Å². The fraction of sp³-hybridized carbons (Fsp3) is 0.455. The highest BCUT2D eigenvalue weighted by molar-refractivity contribution is 5.29. The van der Waals surface area contributed by atoms with Crippen LogP contribution in [0.3, 0.4) is 0 Å². The lowest BCUT2D eigenvalue weighted by Gasteiger charge is -2.36. The first-order valence-electron chi connectivity index (χ1n) is 9.34. The number of piperidine rings is 1. The van der Waals surface area contributed by atoms with Gasteiger partial charge in [-0.25, -0.2) is 0 Å². The molecule has 1 atom stereocenters. The minimum atomic E-state index is 0.0110. The third kappa shape index (κ3) is 5.15. The van der Waals surface area contributed by atoms with E-state index >= 15 is 0 Å². The molecule has 1 heterocycles. The highest BCUT2D eigenvalue weighted by Gasteiger charge is 2.21. The van der Waals surface area contributed by atoms with Crippen molar-refractivity contribution in [3.63, 3.8) is 0 Å². The summed E-state index contributed by atoms with van der Waals surface area (Å²) in [7, 11) is 4.37. The van der Waals surface area contributed by atoms with Crippen molar-refractivity contribution in [3.05, 3.63) is 71.8 Å². The first-order valence-corrected chi connectivity index (χ1v) is 9.34. The van der Waals surface area contributed by atoms with E-state index in [1.807, 2.05) is 0 Å². The predicted octanol–water partition coefficient (Wildman–Crippen LogP) is 3.82. The highest BCUT2D eigenvalue weighted by atomic mass is 16.5. The van der Waals surface area contributed by atoms with Gasteiger partial charge < -0.3 is 9.64 Å². The molecule has 134 valence electrons. The van der Waals surface area contributed by atoms with Gasteiger partial charge in [-0.2, -0.15) is 0 Å². The third-order valence-electron chi connectivity index (χ3n) is 5.11. The maximum Gasteiger partial charge on any atom is 0.108 e.